The first-order chi connectivity index (χ1) is 18.1. The van der Waals surface area contributed by atoms with Crippen molar-refractivity contribution in [2.24, 2.45) is 0 Å². The lowest BCUT2D eigenvalue weighted by Gasteiger charge is -2.12. The number of carbonyl (C=O) groups excluding carboxylic acids is 2. The average molecular weight is 490 g/mol. The number of unbranched alkanes of at least 4 members (excludes halogenated alkanes) is 1. The number of carbonyl (C=O) groups is 2. The number of aromatic nitrogens is 4. The Morgan fingerprint density at radius 1 is 0.838 bits per heavy atom. The summed E-state index contributed by atoms with van der Waals surface area (Å²) in [6.07, 6.45) is 7.68. The van der Waals surface area contributed by atoms with Gasteiger partial charge in [-0.15, -0.1) is 0 Å². The number of aryl methyl sites for hydroxylation is 1. The lowest BCUT2D eigenvalue weighted by atomic mass is 10.0. The molecule has 0 radical (unpaired) electrons. The molecule has 0 aliphatic carbocycles. The maximum Gasteiger partial charge on any atom is 0.221 e. The van der Waals surface area contributed by atoms with E-state index in [1.165, 1.54) is 6.92 Å². The summed E-state index contributed by atoms with van der Waals surface area (Å²) >= 11 is 0. The van der Waals surface area contributed by atoms with Crippen molar-refractivity contribution in [2.45, 2.75) is 32.7 Å². The van der Waals surface area contributed by atoms with Crippen molar-refractivity contribution < 1.29 is 9.59 Å². The highest BCUT2D eigenvalue weighted by molar-refractivity contribution is 5.99. The minimum absolute atomic E-state index is 0.0997. The molecule has 1 N–H and O–H groups in total. The van der Waals surface area contributed by atoms with Crippen molar-refractivity contribution in [1.82, 2.24) is 19.5 Å². The lowest BCUT2D eigenvalue weighted by molar-refractivity contribution is -0.114. The molecule has 0 saturated carbocycles. The molecule has 5 rings (SSSR count). The highest BCUT2D eigenvalue weighted by atomic mass is 16.1. The van der Waals surface area contributed by atoms with Crippen LogP contribution in [0.3, 0.4) is 0 Å². The van der Waals surface area contributed by atoms with Crippen LogP contribution in [0.1, 0.15) is 36.5 Å². The molecule has 37 heavy (non-hydrogen) atoms. The molecule has 7 nitrogen and oxygen atoms in total. The fraction of sp³-hybridized carbons (Fsp3) is 0.167. The predicted octanol–water partition coefficient (Wildman–Crippen LogP) is 6.17. The second-order valence-corrected chi connectivity index (χ2v) is 8.93. The molecule has 5 aromatic rings. The Morgan fingerprint density at radius 2 is 1.62 bits per heavy atom. The average Bonchev–Trinajstić information content (AvgIpc) is 3.44. The Morgan fingerprint density at radius 3 is 2.41 bits per heavy atom. The van der Waals surface area contributed by atoms with Crippen LogP contribution in [0.4, 0.5) is 5.69 Å². The molecular formula is C30H27N5O2. The van der Waals surface area contributed by atoms with Crippen LogP contribution in [0, 0.1) is 0 Å². The van der Waals surface area contributed by atoms with E-state index in [-0.39, 0.29) is 11.7 Å². The summed E-state index contributed by atoms with van der Waals surface area (Å²) in [5, 5.41) is 2.83. The monoisotopic (exact) mass is 489 g/mol. The van der Waals surface area contributed by atoms with Gasteiger partial charge in [0.2, 0.25) is 5.91 Å². The number of anilines is 1. The number of fused-ring (bicyclic) bond motifs is 1. The van der Waals surface area contributed by atoms with E-state index in [0.717, 1.165) is 36.2 Å². The Kier molecular flexibility index (Phi) is 7.12. The third-order valence-corrected chi connectivity index (χ3v) is 6.12. The molecule has 0 spiro atoms. The van der Waals surface area contributed by atoms with Gasteiger partial charge in [0, 0.05) is 54.7 Å². The molecule has 0 bridgehead atoms. The Balaban J connectivity index is 1.46. The third kappa shape index (κ3) is 5.78. The minimum atomic E-state index is -0.135. The van der Waals surface area contributed by atoms with Gasteiger partial charge in [0.05, 0.1) is 28.7 Å². The van der Waals surface area contributed by atoms with Crippen molar-refractivity contribution in [1.29, 1.82) is 0 Å². The molecule has 2 heterocycles. The van der Waals surface area contributed by atoms with E-state index in [4.69, 9.17) is 9.97 Å². The molecule has 0 saturated heterocycles. The number of rotatable bonds is 9. The third-order valence-electron chi connectivity index (χ3n) is 6.12. The maximum absolute atomic E-state index is 12.9. The van der Waals surface area contributed by atoms with Crippen LogP contribution < -0.4 is 5.32 Å². The molecule has 0 unspecified atom stereocenters. The fourth-order valence-corrected chi connectivity index (χ4v) is 4.32. The number of benzene rings is 3. The van der Waals surface area contributed by atoms with E-state index in [9.17, 15) is 9.59 Å². The lowest BCUT2D eigenvalue weighted by Crippen LogP contribution is -2.05. The number of Topliss-reactive ketones (excluding diaryl/α,β-unsaturated/α-hetero) is 1. The van der Waals surface area contributed by atoms with Crippen LogP contribution in [0.15, 0.2) is 91.5 Å². The van der Waals surface area contributed by atoms with E-state index in [1.54, 1.807) is 12.5 Å². The SMILES string of the molecule is CC(=O)Nc1cccc(-c2nc3ccc(C(=O)CCCCn4ccnc4)cc3nc2-c2ccccc2)c1. The molecule has 0 aliphatic heterocycles. The standard InChI is InChI=1S/C30H27N5O2/c1-21(36)32-25-11-7-10-24(18-25)30-29(22-8-3-2-4-9-22)34-27-19-23(13-14-26(27)33-30)28(37)12-5-6-16-35-17-15-31-20-35/h2-4,7-11,13-15,17-20H,5-6,12,16H2,1H3,(H,32,36). The van der Waals surface area contributed by atoms with Crippen LogP contribution in [0.25, 0.3) is 33.5 Å². The highest BCUT2D eigenvalue weighted by Gasteiger charge is 2.15. The van der Waals surface area contributed by atoms with Gasteiger partial charge >= 0.3 is 0 Å². The van der Waals surface area contributed by atoms with Crippen molar-refractivity contribution in [2.75, 3.05) is 5.32 Å². The van der Waals surface area contributed by atoms with Gasteiger partial charge in [0.1, 0.15) is 0 Å². The normalized spacial score (nSPS) is 10.9. The summed E-state index contributed by atoms with van der Waals surface area (Å²) in [5.41, 5.74) is 5.91. The van der Waals surface area contributed by atoms with Gasteiger partial charge in [-0.2, -0.15) is 0 Å². The number of amides is 1. The largest absolute Gasteiger partial charge is 0.337 e. The first kappa shape index (κ1) is 24.1. The van der Waals surface area contributed by atoms with E-state index >= 15 is 0 Å². The predicted molar refractivity (Wildman–Crippen MR) is 145 cm³/mol. The van der Waals surface area contributed by atoms with E-state index in [1.807, 2.05) is 83.6 Å². The van der Waals surface area contributed by atoms with E-state index < -0.39 is 0 Å². The van der Waals surface area contributed by atoms with Gasteiger partial charge in [-0.05, 0) is 43.2 Å². The zero-order valence-corrected chi connectivity index (χ0v) is 20.6. The summed E-state index contributed by atoms with van der Waals surface area (Å²) in [7, 11) is 0. The smallest absolute Gasteiger partial charge is 0.221 e. The van der Waals surface area contributed by atoms with E-state index in [0.29, 0.717) is 34.4 Å². The molecule has 2 aromatic heterocycles. The molecular weight excluding hydrogens is 462 g/mol. The first-order valence-corrected chi connectivity index (χ1v) is 12.3. The highest BCUT2D eigenvalue weighted by Crippen LogP contribution is 2.32. The Hall–Kier alpha value is -4.65. The summed E-state index contributed by atoms with van der Waals surface area (Å²) in [4.78, 5) is 38.5. The second-order valence-electron chi connectivity index (χ2n) is 8.93. The molecule has 7 heteroatoms. The van der Waals surface area contributed by atoms with Gasteiger partial charge in [-0.25, -0.2) is 15.0 Å². The summed E-state index contributed by atoms with van der Waals surface area (Å²) in [6, 6.07) is 23.0. The van der Waals surface area contributed by atoms with Crippen molar-refractivity contribution in [3.8, 4) is 22.5 Å². The van der Waals surface area contributed by atoms with Gasteiger partial charge in [0.25, 0.3) is 0 Å². The Bertz CT molecular complexity index is 1550. The zero-order valence-electron chi connectivity index (χ0n) is 20.6. The summed E-state index contributed by atoms with van der Waals surface area (Å²) in [6.45, 7) is 2.33. The maximum atomic E-state index is 12.9. The van der Waals surface area contributed by atoms with Gasteiger partial charge in [-0.1, -0.05) is 42.5 Å². The molecule has 0 fully saturated rings. The first-order valence-electron chi connectivity index (χ1n) is 12.3. The molecule has 1 amide bonds. The number of nitrogens with zero attached hydrogens (tertiary/aromatic N) is 4. The minimum Gasteiger partial charge on any atom is -0.337 e. The van der Waals surface area contributed by atoms with Crippen LogP contribution in [-0.2, 0) is 11.3 Å². The number of hydrogen-bond acceptors (Lipinski definition) is 5. The van der Waals surface area contributed by atoms with Crippen LogP contribution >= 0.6 is 0 Å². The van der Waals surface area contributed by atoms with Crippen molar-refractivity contribution in [3.05, 3.63) is 97.1 Å². The van der Waals surface area contributed by atoms with Crippen LogP contribution in [0.2, 0.25) is 0 Å². The molecule has 184 valence electrons. The van der Waals surface area contributed by atoms with Crippen molar-refractivity contribution >= 4 is 28.4 Å². The zero-order chi connectivity index (χ0) is 25.6. The topological polar surface area (TPSA) is 89.8 Å². The van der Waals surface area contributed by atoms with Crippen molar-refractivity contribution in [3.63, 3.8) is 0 Å². The fourth-order valence-electron chi connectivity index (χ4n) is 4.32. The molecule has 0 atom stereocenters. The van der Waals surface area contributed by atoms with Gasteiger partial charge < -0.3 is 9.88 Å². The van der Waals surface area contributed by atoms with Crippen LogP contribution in [0.5, 0.6) is 0 Å². The van der Waals surface area contributed by atoms with Gasteiger partial charge in [-0.3, -0.25) is 9.59 Å². The second kappa shape index (κ2) is 11.0. The number of nitrogens with one attached hydrogen (secondary N) is 1. The molecule has 0 aliphatic rings. The number of hydrogen-bond donors (Lipinski definition) is 1. The quantitative estimate of drug-likeness (QED) is 0.197. The van der Waals surface area contributed by atoms with E-state index in [2.05, 4.69) is 10.3 Å². The molecule has 3 aromatic carbocycles. The summed E-state index contributed by atoms with van der Waals surface area (Å²) < 4.78 is 2.02. The van der Waals surface area contributed by atoms with Gasteiger partial charge in [0.15, 0.2) is 5.78 Å². The number of ketones is 1. The van der Waals surface area contributed by atoms with Crippen LogP contribution in [-0.4, -0.2) is 31.2 Å². The Labute approximate surface area is 215 Å². The summed E-state index contributed by atoms with van der Waals surface area (Å²) in [5.74, 6) is -0.0355. The number of imidazole rings is 1.